The first-order chi connectivity index (χ1) is 9.01. The number of fused-ring (bicyclic) bond motifs is 1. The molecule has 0 aromatic heterocycles. The van der Waals surface area contributed by atoms with Crippen molar-refractivity contribution in [2.75, 3.05) is 19.6 Å². The molecule has 0 saturated carbocycles. The lowest BCUT2D eigenvalue weighted by Crippen LogP contribution is -2.39. The Balaban J connectivity index is 2.01. The third-order valence-corrected chi connectivity index (χ3v) is 6.79. The standard InChI is InChI=1S/C12H14Cl2N2O2S/c13-9-2-1-3-11(12(9)14)19(17,18)16-5-4-8-6-15-7-10(8)16/h1-3,8,10,15H,4-7H2/t8-,10+/m0/s1. The highest BCUT2D eigenvalue weighted by molar-refractivity contribution is 7.89. The second-order valence-electron chi connectivity index (χ2n) is 4.94. The van der Waals surface area contributed by atoms with Gasteiger partial charge in [0.15, 0.2) is 0 Å². The normalized spacial score (nSPS) is 27.7. The van der Waals surface area contributed by atoms with E-state index < -0.39 is 10.0 Å². The smallest absolute Gasteiger partial charge is 0.244 e. The summed E-state index contributed by atoms with van der Waals surface area (Å²) in [6.07, 6.45) is 0.898. The van der Waals surface area contributed by atoms with E-state index in [1.165, 1.54) is 6.07 Å². The Hall–Kier alpha value is -0.330. The summed E-state index contributed by atoms with van der Waals surface area (Å²) < 4.78 is 27.0. The first kappa shape index (κ1) is 13.6. The molecule has 7 heteroatoms. The van der Waals surface area contributed by atoms with Crippen molar-refractivity contribution >= 4 is 33.2 Å². The van der Waals surface area contributed by atoms with Crippen molar-refractivity contribution in [3.63, 3.8) is 0 Å². The first-order valence-corrected chi connectivity index (χ1v) is 8.38. The van der Waals surface area contributed by atoms with Crippen molar-refractivity contribution < 1.29 is 8.42 Å². The van der Waals surface area contributed by atoms with E-state index in [1.54, 1.807) is 16.4 Å². The topological polar surface area (TPSA) is 49.4 Å². The summed E-state index contributed by atoms with van der Waals surface area (Å²) >= 11 is 12.0. The van der Waals surface area contributed by atoms with Gasteiger partial charge in [0.1, 0.15) is 4.90 Å². The van der Waals surface area contributed by atoms with Gasteiger partial charge in [-0.1, -0.05) is 29.3 Å². The van der Waals surface area contributed by atoms with Crippen LogP contribution in [-0.4, -0.2) is 38.4 Å². The lowest BCUT2D eigenvalue weighted by molar-refractivity contribution is 0.383. The zero-order valence-electron chi connectivity index (χ0n) is 10.1. The molecule has 2 aliphatic rings. The van der Waals surface area contributed by atoms with Gasteiger partial charge in [-0.25, -0.2) is 8.42 Å². The first-order valence-electron chi connectivity index (χ1n) is 6.18. The molecule has 2 heterocycles. The van der Waals surface area contributed by atoms with Crippen LogP contribution in [0, 0.1) is 5.92 Å². The van der Waals surface area contributed by atoms with Gasteiger partial charge < -0.3 is 5.32 Å². The van der Waals surface area contributed by atoms with E-state index in [2.05, 4.69) is 5.32 Å². The molecule has 4 nitrogen and oxygen atoms in total. The number of sulfonamides is 1. The van der Waals surface area contributed by atoms with Gasteiger partial charge >= 0.3 is 0 Å². The van der Waals surface area contributed by atoms with E-state index >= 15 is 0 Å². The fraction of sp³-hybridized carbons (Fsp3) is 0.500. The van der Waals surface area contributed by atoms with Crippen LogP contribution in [0.25, 0.3) is 0 Å². The van der Waals surface area contributed by atoms with E-state index in [1.807, 2.05) is 0 Å². The number of hydrogen-bond donors (Lipinski definition) is 1. The number of hydrogen-bond acceptors (Lipinski definition) is 3. The summed E-state index contributed by atoms with van der Waals surface area (Å²) in [4.78, 5) is 0.106. The van der Waals surface area contributed by atoms with Crippen LogP contribution in [0.1, 0.15) is 6.42 Å². The van der Waals surface area contributed by atoms with Crippen LogP contribution >= 0.6 is 23.2 Å². The molecule has 0 aliphatic carbocycles. The van der Waals surface area contributed by atoms with Crippen molar-refractivity contribution in [1.82, 2.24) is 9.62 Å². The molecule has 1 aromatic carbocycles. The minimum Gasteiger partial charge on any atom is -0.315 e. The van der Waals surface area contributed by atoms with E-state index in [-0.39, 0.29) is 21.0 Å². The van der Waals surface area contributed by atoms with Crippen LogP contribution in [0.2, 0.25) is 10.0 Å². The number of nitrogens with zero attached hydrogens (tertiary/aromatic N) is 1. The highest BCUT2D eigenvalue weighted by atomic mass is 35.5. The fourth-order valence-corrected chi connectivity index (χ4v) is 5.36. The third-order valence-electron chi connectivity index (χ3n) is 3.90. The Bertz CT molecular complexity index is 606. The molecular formula is C12H14Cl2N2O2S. The fourth-order valence-electron chi connectivity index (χ4n) is 2.92. The third kappa shape index (κ3) is 2.17. The van der Waals surface area contributed by atoms with Crippen molar-refractivity contribution in [1.29, 1.82) is 0 Å². The monoisotopic (exact) mass is 320 g/mol. The quantitative estimate of drug-likeness (QED) is 0.906. The van der Waals surface area contributed by atoms with Crippen molar-refractivity contribution in [3.05, 3.63) is 28.2 Å². The van der Waals surface area contributed by atoms with Gasteiger partial charge in [-0.05, 0) is 31.0 Å². The lowest BCUT2D eigenvalue weighted by Gasteiger charge is -2.23. The molecule has 0 bridgehead atoms. The largest absolute Gasteiger partial charge is 0.315 e. The molecule has 2 fully saturated rings. The minimum atomic E-state index is -3.57. The molecule has 2 aliphatic heterocycles. The van der Waals surface area contributed by atoms with Gasteiger partial charge in [0.25, 0.3) is 0 Å². The van der Waals surface area contributed by atoms with Crippen LogP contribution in [-0.2, 0) is 10.0 Å². The van der Waals surface area contributed by atoms with Gasteiger partial charge in [0.2, 0.25) is 10.0 Å². The highest BCUT2D eigenvalue weighted by Crippen LogP contribution is 2.36. The highest BCUT2D eigenvalue weighted by Gasteiger charge is 2.44. The maximum absolute atomic E-state index is 12.7. The molecule has 104 valence electrons. The molecule has 3 rings (SSSR count). The van der Waals surface area contributed by atoms with Crippen LogP contribution < -0.4 is 5.32 Å². The van der Waals surface area contributed by atoms with E-state index in [4.69, 9.17) is 23.2 Å². The van der Waals surface area contributed by atoms with Gasteiger partial charge in [-0.15, -0.1) is 0 Å². The number of nitrogens with one attached hydrogen (secondary N) is 1. The molecule has 2 atom stereocenters. The van der Waals surface area contributed by atoms with Crippen molar-refractivity contribution in [3.8, 4) is 0 Å². The second kappa shape index (κ2) is 4.90. The van der Waals surface area contributed by atoms with Gasteiger partial charge in [-0.2, -0.15) is 4.31 Å². The average Bonchev–Trinajstić information content (AvgIpc) is 2.93. The molecule has 0 radical (unpaired) electrons. The van der Waals surface area contributed by atoms with Crippen molar-refractivity contribution in [2.45, 2.75) is 17.4 Å². The molecular weight excluding hydrogens is 307 g/mol. The lowest BCUT2D eigenvalue weighted by atomic mass is 10.1. The number of benzene rings is 1. The zero-order valence-corrected chi connectivity index (χ0v) is 12.5. The Labute approximate surface area is 122 Å². The van der Waals surface area contributed by atoms with Crippen molar-refractivity contribution in [2.24, 2.45) is 5.92 Å². The predicted octanol–water partition coefficient (Wildman–Crippen LogP) is 1.98. The summed E-state index contributed by atoms with van der Waals surface area (Å²) in [5.41, 5.74) is 0. The molecule has 19 heavy (non-hydrogen) atoms. The van der Waals surface area contributed by atoms with Crippen LogP contribution in [0.5, 0.6) is 0 Å². The summed E-state index contributed by atoms with van der Waals surface area (Å²) in [7, 11) is -3.57. The van der Waals surface area contributed by atoms with E-state index in [0.717, 1.165) is 13.0 Å². The van der Waals surface area contributed by atoms with Gasteiger partial charge in [0.05, 0.1) is 10.0 Å². The summed E-state index contributed by atoms with van der Waals surface area (Å²) in [5, 5.41) is 3.62. The molecule has 0 spiro atoms. The van der Waals surface area contributed by atoms with Crippen LogP contribution in [0.4, 0.5) is 0 Å². The number of halogens is 2. The van der Waals surface area contributed by atoms with Gasteiger partial charge in [0, 0.05) is 19.1 Å². The molecule has 0 amide bonds. The Morgan fingerprint density at radius 1 is 1.26 bits per heavy atom. The summed E-state index contributed by atoms with van der Waals surface area (Å²) in [6, 6.07) is 4.76. The van der Waals surface area contributed by atoms with E-state index in [9.17, 15) is 8.42 Å². The van der Waals surface area contributed by atoms with Crippen LogP contribution in [0.3, 0.4) is 0 Å². The van der Waals surface area contributed by atoms with Gasteiger partial charge in [-0.3, -0.25) is 0 Å². The second-order valence-corrected chi connectivity index (χ2v) is 7.59. The number of rotatable bonds is 2. The zero-order chi connectivity index (χ0) is 13.6. The molecule has 0 unspecified atom stereocenters. The summed E-state index contributed by atoms with van der Waals surface area (Å²) in [6.45, 7) is 2.16. The predicted molar refractivity (Wildman–Crippen MR) is 75.1 cm³/mol. The van der Waals surface area contributed by atoms with Crippen LogP contribution in [0.15, 0.2) is 23.1 Å². The summed E-state index contributed by atoms with van der Waals surface area (Å²) in [5.74, 6) is 0.410. The maximum atomic E-state index is 12.7. The Kier molecular flexibility index (Phi) is 3.52. The minimum absolute atomic E-state index is 0.0417. The Morgan fingerprint density at radius 3 is 2.84 bits per heavy atom. The molecule has 2 saturated heterocycles. The molecule has 1 aromatic rings. The SMILES string of the molecule is O=S(=O)(c1cccc(Cl)c1Cl)N1CC[C@H]2CNC[C@H]21. The van der Waals surface area contributed by atoms with E-state index in [0.29, 0.717) is 19.0 Å². The average molecular weight is 321 g/mol. The molecule has 1 N–H and O–H groups in total. The maximum Gasteiger partial charge on any atom is 0.244 e. The Morgan fingerprint density at radius 2 is 2.05 bits per heavy atom.